The summed E-state index contributed by atoms with van der Waals surface area (Å²) in [5, 5.41) is 0. The Morgan fingerprint density at radius 2 is 2.00 bits per heavy atom. The lowest BCUT2D eigenvalue weighted by Gasteiger charge is -2.20. The molecule has 1 saturated heterocycles. The zero-order valence-electron chi connectivity index (χ0n) is 12.2. The maximum atomic E-state index is 11.9. The molecule has 2 atom stereocenters. The molecule has 0 N–H and O–H groups in total. The van der Waals surface area contributed by atoms with Crippen LogP contribution in [0.3, 0.4) is 0 Å². The van der Waals surface area contributed by atoms with Gasteiger partial charge in [0.1, 0.15) is 12.4 Å². The van der Waals surface area contributed by atoms with Crippen molar-refractivity contribution in [1.82, 2.24) is 0 Å². The van der Waals surface area contributed by atoms with Crippen molar-refractivity contribution in [2.45, 2.75) is 13.3 Å². The molecule has 2 unspecified atom stereocenters. The van der Waals surface area contributed by atoms with Gasteiger partial charge in [0.2, 0.25) is 0 Å². The minimum absolute atomic E-state index is 0.0318. The van der Waals surface area contributed by atoms with E-state index in [1.165, 1.54) is 7.11 Å². The van der Waals surface area contributed by atoms with Crippen LogP contribution in [0.5, 0.6) is 5.75 Å². The van der Waals surface area contributed by atoms with E-state index in [-0.39, 0.29) is 24.0 Å². The third kappa shape index (κ3) is 4.20. The second-order valence-electron chi connectivity index (χ2n) is 5.42. The van der Waals surface area contributed by atoms with Crippen LogP contribution in [-0.2, 0) is 19.4 Å². The van der Waals surface area contributed by atoms with Crippen LogP contribution in [-0.4, -0.2) is 39.6 Å². The number of rotatable bonds is 5. The molecule has 0 spiro atoms. The lowest BCUT2D eigenvalue weighted by atomic mass is 9.92. The van der Waals surface area contributed by atoms with Crippen molar-refractivity contribution >= 4 is 15.8 Å². The van der Waals surface area contributed by atoms with Crippen LogP contribution in [0.25, 0.3) is 0 Å². The normalized spacial score (nSPS) is 21.7. The molecule has 0 aliphatic carbocycles. The van der Waals surface area contributed by atoms with Crippen LogP contribution < -0.4 is 4.74 Å². The molecule has 1 heterocycles. The minimum Gasteiger partial charge on any atom is -0.493 e. The Kier molecular flexibility index (Phi) is 4.88. The Balaban J connectivity index is 2.03. The summed E-state index contributed by atoms with van der Waals surface area (Å²) in [6, 6.07) is 7.50. The number of aryl methyl sites for hydroxylation is 1. The number of ether oxygens (including phenoxy) is 2. The van der Waals surface area contributed by atoms with E-state index in [2.05, 4.69) is 0 Å². The summed E-state index contributed by atoms with van der Waals surface area (Å²) in [5.74, 6) is -0.360. The van der Waals surface area contributed by atoms with Gasteiger partial charge in [-0.2, -0.15) is 0 Å². The van der Waals surface area contributed by atoms with E-state index in [9.17, 15) is 13.2 Å². The Morgan fingerprint density at radius 1 is 1.33 bits per heavy atom. The summed E-state index contributed by atoms with van der Waals surface area (Å²) in [5.41, 5.74) is 1.12. The first-order chi connectivity index (χ1) is 9.91. The maximum absolute atomic E-state index is 11.9. The van der Waals surface area contributed by atoms with Crippen LogP contribution in [0.1, 0.15) is 12.0 Å². The summed E-state index contributed by atoms with van der Waals surface area (Å²) in [4.78, 5) is 11.9. The second kappa shape index (κ2) is 6.47. The van der Waals surface area contributed by atoms with Crippen molar-refractivity contribution in [2.75, 3.05) is 25.2 Å². The maximum Gasteiger partial charge on any atom is 0.312 e. The van der Waals surface area contributed by atoms with Gasteiger partial charge in [-0.15, -0.1) is 0 Å². The highest BCUT2D eigenvalue weighted by Gasteiger charge is 2.38. The molecule has 1 aliphatic rings. The van der Waals surface area contributed by atoms with Crippen molar-refractivity contribution in [3.05, 3.63) is 29.8 Å². The average Bonchev–Trinajstić information content (AvgIpc) is 2.81. The van der Waals surface area contributed by atoms with E-state index >= 15 is 0 Å². The first-order valence-corrected chi connectivity index (χ1v) is 8.71. The standard InChI is InChI=1S/C15H20O5S/c1-11-3-5-13(6-4-11)20-9-14(15(16)19-2)12-7-8-21(17,18)10-12/h3-6,12,14H,7-10H2,1-2H3. The Labute approximate surface area is 125 Å². The summed E-state index contributed by atoms with van der Waals surface area (Å²) in [6.45, 7) is 2.11. The molecule has 0 radical (unpaired) electrons. The Hall–Kier alpha value is -1.56. The molecule has 1 aliphatic heterocycles. The van der Waals surface area contributed by atoms with E-state index in [0.717, 1.165) is 5.56 Å². The quantitative estimate of drug-likeness (QED) is 0.772. The van der Waals surface area contributed by atoms with E-state index < -0.39 is 21.7 Å². The Bertz CT molecular complexity index is 591. The van der Waals surface area contributed by atoms with Gasteiger partial charge in [0, 0.05) is 0 Å². The number of carbonyl (C=O) groups is 1. The first-order valence-electron chi connectivity index (χ1n) is 6.89. The third-order valence-electron chi connectivity index (χ3n) is 3.79. The first kappa shape index (κ1) is 15.8. The molecular formula is C15H20O5S. The molecule has 5 nitrogen and oxygen atoms in total. The Morgan fingerprint density at radius 3 is 2.52 bits per heavy atom. The fourth-order valence-electron chi connectivity index (χ4n) is 2.51. The molecular weight excluding hydrogens is 292 g/mol. The van der Waals surface area contributed by atoms with Gasteiger partial charge in [-0.05, 0) is 31.4 Å². The van der Waals surface area contributed by atoms with Crippen LogP contribution in [0.15, 0.2) is 24.3 Å². The number of hydrogen-bond donors (Lipinski definition) is 0. The van der Waals surface area contributed by atoms with E-state index in [4.69, 9.17) is 9.47 Å². The molecule has 1 fully saturated rings. The van der Waals surface area contributed by atoms with E-state index in [0.29, 0.717) is 12.2 Å². The molecule has 1 aromatic rings. The van der Waals surface area contributed by atoms with Gasteiger partial charge in [-0.1, -0.05) is 17.7 Å². The van der Waals surface area contributed by atoms with Crippen molar-refractivity contribution in [3.63, 3.8) is 0 Å². The zero-order chi connectivity index (χ0) is 15.5. The van der Waals surface area contributed by atoms with Gasteiger partial charge in [0.15, 0.2) is 9.84 Å². The fraction of sp³-hybridized carbons (Fsp3) is 0.533. The lowest BCUT2D eigenvalue weighted by Crippen LogP contribution is -2.31. The monoisotopic (exact) mass is 312 g/mol. The van der Waals surface area contributed by atoms with Crippen LogP contribution >= 0.6 is 0 Å². The highest BCUT2D eigenvalue weighted by Crippen LogP contribution is 2.28. The van der Waals surface area contributed by atoms with Gasteiger partial charge in [0.05, 0.1) is 24.5 Å². The fourth-order valence-corrected chi connectivity index (χ4v) is 4.39. The van der Waals surface area contributed by atoms with Crippen molar-refractivity contribution < 1.29 is 22.7 Å². The van der Waals surface area contributed by atoms with Crippen molar-refractivity contribution in [3.8, 4) is 5.75 Å². The van der Waals surface area contributed by atoms with Crippen molar-refractivity contribution in [2.24, 2.45) is 11.8 Å². The highest BCUT2D eigenvalue weighted by atomic mass is 32.2. The van der Waals surface area contributed by atoms with Crippen LogP contribution in [0.2, 0.25) is 0 Å². The van der Waals surface area contributed by atoms with Crippen LogP contribution in [0, 0.1) is 18.8 Å². The second-order valence-corrected chi connectivity index (χ2v) is 7.65. The average molecular weight is 312 g/mol. The predicted molar refractivity (Wildman–Crippen MR) is 78.9 cm³/mol. The molecule has 116 valence electrons. The van der Waals surface area contributed by atoms with Gasteiger partial charge in [-0.25, -0.2) is 8.42 Å². The van der Waals surface area contributed by atoms with Gasteiger partial charge >= 0.3 is 5.97 Å². The number of sulfone groups is 1. The summed E-state index contributed by atoms with van der Waals surface area (Å²) < 4.78 is 33.6. The molecule has 6 heteroatoms. The van der Waals surface area contributed by atoms with Gasteiger partial charge in [-0.3, -0.25) is 4.79 Å². The number of esters is 1. The molecule has 0 saturated carbocycles. The third-order valence-corrected chi connectivity index (χ3v) is 5.58. The van der Waals surface area contributed by atoms with E-state index in [1.807, 2.05) is 31.2 Å². The summed E-state index contributed by atoms with van der Waals surface area (Å²) >= 11 is 0. The zero-order valence-corrected chi connectivity index (χ0v) is 13.1. The van der Waals surface area contributed by atoms with Gasteiger partial charge < -0.3 is 9.47 Å². The number of carbonyl (C=O) groups excluding carboxylic acids is 1. The van der Waals surface area contributed by atoms with Crippen LogP contribution in [0.4, 0.5) is 0 Å². The highest BCUT2D eigenvalue weighted by molar-refractivity contribution is 7.91. The SMILES string of the molecule is COC(=O)C(COc1ccc(C)cc1)C1CCS(=O)(=O)C1. The van der Waals surface area contributed by atoms with E-state index in [1.54, 1.807) is 0 Å². The molecule has 21 heavy (non-hydrogen) atoms. The summed E-state index contributed by atoms with van der Waals surface area (Å²) in [6.07, 6.45) is 0.485. The van der Waals surface area contributed by atoms with Crippen molar-refractivity contribution in [1.29, 1.82) is 0 Å². The van der Waals surface area contributed by atoms with Gasteiger partial charge in [0.25, 0.3) is 0 Å². The lowest BCUT2D eigenvalue weighted by molar-refractivity contribution is -0.148. The molecule has 1 aromatic carbocycles. The minimum atomic E-state index is -3.03. The smallest absolute Gasteiger partial charge is 0.312 e. The largest absolute Gasteiger partial charge is 0.493 e. The molecule has 0 aromatic heterocycles. The molecule has 0 bridgehead atoms. The number of methoxy groups -OCH3 is 1. The topological polar surface area (TPSA) is 69.7 Å². The molecule has 2 rings (SSSR count). The predicted octanol–water partition coefficient (Wildman–Crippen LogP) is 1.60. The summed E-state index contributed by atoms with van der Waals surface area (Å²) in [7, 11) is -1.72. The molecule has 0 amide bonds. The number of hydrogen-bond acceptors (Lipinski definition) is 5. The number of benzene rings is 1.